The van der Waals surface area contributed by atoms with Crippen LogP contribution in [0, 0.1) is 6.92 Å². The second-order valence-electron chi connectivity index (χ2n) is 3.72. The predicted octanol–water partition coefficient (Wildman–Crippen LogP) is 3.01. The predicted molar refractivity (Wildman–Crippen MR) is 71.7 cm³/mol. The van der Waals surface area contributed by atoms with Crippen molar-refractivity contribution in [2.75, 3.05) is 5.75 Å². The summed E-state index contributed by atoms with van der Waals surface area (Å²) in [7, 11) is 0. The number of hydrogen-bond acceptors (Lipinski definition) is 3. The van der Waals surface area contributed by atoms with E-state index >= 15 is 0 Å². The molecule has 0 spiro atoms. The number of carbonyl (C=O) groups is 1. The Balaban J connectivity index is 2.33. The molecule has 0 radical (unpaired) electrons. The highest BCUT2D eigenvalue weighted by atomic mass is 35.5. The molecule has 0 bridgehead atoms. The number of aromatic nitrogens is 2. The molecule has 1 aromatic heterocycles. The van der Waals surface area contributed by atoms with Crippen molar-refractivity contribution in [1.29, 1.82) is 0 Å². The Labute approximate surface area is 114 Å². The molecule has 0 aliphatic heterocycles. The van der Waals surface area contributed by atoms with E-state index < -0.39 is 5.97 Å². The summed E-state index contributed by atoms with van der Waals surface area (Å²) in [5.41, 5.74) is 1.87. The molecule has 18 heavy (non-hydrogen) atoms. The van der Waals surface area contributed by atoms with Gasteiger partial charge in [0.2, 0.25) is 0 Å². The first-order valence-electron chi connectivity index (χ1n) is 5.22. The van der Waals surface area contributed by atoms with Crippen molar-refractivity contribution in [2.24, 2.45) is 0 Å². The summed E-state index contributed by atoms with van der Waals surface area (Å²) in [6.45, 7) is 1.96. The first-order valence-corrected chi connectivity index (χ1v) is 6.59. The first-order chi connectivity index (χ1) is 8.58. The van der Waals surface area contributed by atoms with E-state index in [0.717, 1.165) is 23.0 Å². The zero-order valence-electron chi connectivity index (χ0n) is 9.63. The molecule has 0 saturated carbocycles. The van der Waals surface area contributed by atoms with Crippen molar-refractivity contribution in [2.45, 2.75) is 12.1 Å². The number of thioether (sulfide) groups is 1. The largest absolute Gasteiger partial charge is 0.481 e. The molecule has 94 valence electrons. The van der Waals surface area contributed by atoms with Crippen LogP contribution in [0.1, 0.15) is 5.56 Å². The quantitative estimate of drug-likeness (QED) is 0.876. The summed E-state index contributed by atoms with van der Waals surface area (Å²) in [5.74, 6) is -0.898. The summed E-state index contributed by atoms with van der Waals surface area (Å²) >= 11 is 7.34. The van der Waals surface area contributed by atoms with E-state index in [0.29, 0.717) is 10.2 Å². The summed E-state index contributed by atoms with van der Waals surface area (Å²) in [5, 5.41) is 9.91. The van der Waals surface area contributed by atoms with Crippen LogP contribution >= 0.6 is 23.4 Å². The number of nitrogens with zero attached hydrogens (tertiary/aromatic N) is 2. The van der Waals surface area contributed by atoms with Crippen LogP contribution in [0.3, 0.4) is 0 Å². The highest BCUT2D eigenvalue weighted by Crippen LogP contribution is 2.26. The smallest absolute Gasteiger partial charge is 0.313 e. The van der Waals surface area contributed by atoms with Gasteiger partial charge >= 0.3 is 5.97 Å². The van der Waals surface area contributed by atoms with E-state index in [4.69, 9.17) is 16.7 Å². The van der Waals surface area contributed by atoms with Crippen molar-refractivity contribution in [3.05, 3.63) is 41.2 Å². The number of carboxylic acids is 1. The van der Waals surface area contributed by atoms with Crippen LogP contribution in [0.15, 0.2) is 35.7 Å². The van der Waals surface area contributed by atoms with Gasteiger partial charge in [-0.2, -0.15) is 0 Å². The molecule has 0 unspecified atom stereocenters. The van der Waals surface area contributed by atoms with E-state index in [-0.39, 0.29) is 5.75 Å². The number of carboxylic acid groups (broad SMARTS) is 1. The van der Waals surface area contributed by atoms with Crippen LogP contribution in [0.25, 0.3) is 5.69 Å². The number of benzene rings is 1. The second-order valence-corrected chi connectivity index (χ2v) is 5.07. The third-order valence-electron chi connectivity index (χ3n) is 2.29. The zero-order valence-corrected chi connectivity index (χ0v) is 11.2. The molecule has 0 aliphatic rings. The maximum Gasteiger partial charge on any atom is 0.313 e. The minimum Gasteiger partial charge on any atom is -0.481 e. The number of rotatable bonds is 4. The molecule has 4 nitrogen and oxygen atoms in total. The van der Waals surface area contributed by atoms with Gasteiger partial charge in [-0.3, -0.25) is 9.36 Å². The van der Waals surface area contributed by atoms with Gasteiger partial charge in [0.1, 0.15) is 0 Å². The van der Waals surface area contributed by atoms with Gasteiger partial charge in [-0.25, -0.2) is 4.98 Å². The minimum absolute atomic E-state index is 0.0273. The second kappa shape index (κ2) is 5.46. The third kappa shape index (κ3) is 2.86. The lowest BCUT2D eigenvalue weighted by atomic mass is 10.2. The van der Waals surface area contributed by atoms with Gasteiger partial charge in [0.05, 0.1) is 16.5 Å². The van der Waals surface area contributed by atoms with Crippen molar-refractivity contribution in [1.82, 2.24) is 9.55 Å². The Hall–Kier alpha value is -1.46. The highest BCUT2D eigenvalue weighted by molar-refractivity contribution is 7.99. The summed E-state index contributed by atoms with van der Waals surface area (Å²) in [6.07, 6.45) is 3.39. The Kier molecular flexibility index (Phi) is 3.93. The lowest BCUT2D eigenvalue weighted by Gasteiger charge is -2.09. The molecule has 0 aliphatic carbocycles. The van der Waals surface area contributed by atoms with Crippen LogP contribution in [0.5, 0.6) is 0 Å². The topological polar surface area (TPSA) is 55.1 Å². The fourth-order valence-corrected chi connectivity index (χ4v) is 2.53. The van der Waals surface area contributed by atoms with Gasteiger partial charge in [0.15, 0.2) is 5.16 Å². The Morgan fingerprint density at radius 2 is 2.33 bits per heavy atom. The molecule has 1 aromatic carbocycles. The summed E-state index contributed by atoms with van der Waals surface area (Å²) < 4.78 is 1.79. The molecule has 2 aromatic rings. The first kappa shape index (κ1) is 13.0. The fourth-order valence-electron chi connectivity index (χ4n) is 1.51. The molecule has 0 atom stereocenters. The maximum absolute atomic E-state index is 10.6. The van der Waals surface area contributed by atoms with Crippen LogP contribution < -0.4 is 0 Å². The van der Waals surface area contributed by atoms with Gasteiger partial charge in [0.25, 0.3) is 0 Å². The molecule has 1 heterocycles. The number of hydrogen-bond donors (Lipinski definition) is 1. The van der Waals surface area contributed by atoms with Gasteiger partial charge in [0, 0.05) is 12.4 Å². The van der Waals surface area contributed by atoms with Crippen LogP contribution in [0.4, 0.5) is 0 Å². The Bertz CT molecular complexity index is 583. The lowest BCUT2D eigenvalue weighted by Crippen LogP contribution is -2.01. The van der Waals surface area contributed by atoms with E-state index in [1.54, 1.807) is 17.0 Å². The average molecular weight is 283 g/mol. The maximum atomic E-state index is 10.6. The van der Waals surface area contributed by atoms with Gasteiger partial charge in [-0.1, -0.05) is 29.4 Å². The van der Waals surface area contributed by atoms with Crippen LogP contribution in [-0.4, -0.2) is 26.4 Å². The molecular formula is C12H11ClN2O2S. The van der Waals surface area contributed by atoms with Gasteiger partial charge in [-0.05, 0) is 24.6 Å². The van der Waals surface area contributed by atoms with Gasteiger partial charge in [-0.15, -0.1) is 0 Å². The standard InChI is InChI=1S/C12H11ClN2O2S/c1-8-2-3-10(9(13)6-8)15-5-4-14-12(15)18-7-11(16)17/h2-6H,7H2,1H3,(H,16,17). The molecule has 0 fully saturated rings. The average Bonchev–Trinajstić information content (AvgIpc) is 2.74. The van der Waals surface area contributed by atoms with Crippen molar-refractivity contribution >= 4 is 29.3 Å². The van der Waals surface area contributed by atoms with E-state index in [9.17, 15) is 4.79 Å². The summed E-state index contributed by atoms with van der Waals surface area (Å²) in [6, 6.07) is 5.71. The van der Waals surface area contributed by atoms with Crippen LogP contribution in [0.2, 0.25) is 5.02 Å². The SMILES string of the molecule is Cc1ccc(-n2ccnc2SCC(=O)O)c(Cl)c1. The zero-order chi connectivity index (χ0) is 13.1. The lowest BCUT2D eigenvalue weighted by molar-refractivity contribution is -0.133. The normalized spacial score (nSPS) is 10.6. The number of imidazole rings is 1. The van der Waals surface area contributed by atoms with E-state index in [2.05, 4.69) is 4.98 Å². The molecule has 2 rings (SSSR count). The third-order valence-corrected chi connectivity index (χ3v) is 3.55. The van der Waals surface area contributed by atoms with Crippen molar-refractivity contribution in [3.8, 4) is 5.69 Å². The monoisotopic (exact) mass is 282 g/mol. The molecule has 0 saturated heterocycles. The van der Waals surface area contributed by atoms with E-state index in [1.165, 1.54) is 0 Å². The van der Waals surface area contributed by atoms with Crippen molar-refractivity contribution < 1.29 is 9.90 Å². The Morgan fingerprint density at radius 3 is 3.00 bits per heavy atom. The highest BCUT2D eigenvalue weighted by Gasteiger charge is 2.10. The number of halogens is 1. The molecule has 1 N–H and O–H groups in total. The summed E-state index contributed by atoms with van der Waals surface area (Å²) in [4.78, 5) is 14.7. The Morgan fingerprint density at radius 1 is 1.56 bits per heavy atom. The molecule has 0 amide bonds. The minimum atomic E-state index is -0.871. The number of aliphatic carboxylic acids is 1. The fraction of sp³-hybridized carbons (Fsp3) is 0.167. The number of aryl methyl sites for hydroxylation is 1. The van der Waals surface area contributed by atoms with Crippen molar-refractivity contribution in [3.63, 3.8) is 0 Å². The molecule has 6 heteroatoms. The van der Waals surface area contributed by atoms with E-state index in [1.807, 2.05) is 25.1 Å². The van der Waals surface area contributed by atoms with Crippen LogP contribution in [-0.2, 0) is 4.79 Å². The van der Waals surface area contributed by atoms with Gasteiger partial charge < -0.3 is 5.11 Å². The molecular weight excluding hydrogens is 272 g/mol.